The van der Waals surface area contributed by atoms with Crippen LogP contribution in [0.4, 0.5) is 8.78 Å². The highest BCUT2D eigenvalue weighted by atomic mass is 35.5. The molecular formula is C8H6ClF2NO. The van der Waals surface area contributed by atoms with E-state index in [9.17, 15) is 13.6 Å². The Kier molecular flexibility index (Phi) is 2.95. The summed E-state index contributed by atoms with van der Waals surface area (Å²) < 4.78 is 25.3. The Hall–Kier alpha value is -1.00. The zero-order valence-corrected chi connectivity index (χ0v) is 7.24. The predicted molar refractivity (Wildman–Crippen MR) is 44.8 cm³/mol. The highest BCUT2D eigenvalue weighted by Gasteiger charge is 2.12. The van der Waals surface area contributed by atoms with Gasteiger partial charge in [-0.15, -0.1) is 0 Å². The van der Waals surface area contributed by atoms with Gasteiger partial charge >= 0.3 is 0 Å². The Morgan fingerprint density at radius 2 is 2.08 bits per heavy atom. The summed E-state index contributed by atoms with van der Waals surface area (Å²) >= 11 is 5.31. The topological polar surface area (TPSA) is 43.1 Å². The van der Waals surface area contributed by atoms with Gasteiger partial charge in [0.25, 0.3) is 0 Å². The van der Waals surface area contributed by atoms with Crippen LogP contribution in [0.15, 0.2) is 12.1 Å². The van der Waals surface area contributed by atoms with E-state index < -0.39 is 22.4 Å². The lowest BCUT2D eigenvalue weighted by Crippen LogP contribution is -2.14. The summed E-state index contributed by atoms with van der Waals surface area (Å²) in [4.78, 5) is 11.0. The lowest BCUT2D eigenvalue weighted by molar-refractivity contribution is 0.100. The van der Waals surface area contributed by atoms with Crippen LogP contribution in [0.3, 0.4) is 0 Å². The van der Waals surface area contributed by atoms with Gasteiger partial charge in [0.1, 0.15) is 0 Å². The van der Waals surface area contributed by atoms with Crippen molar-refractivity contribution < 1.29 is 13.6 Å². The van der Waals surface area contributed by atoms with Gasteiger partial charge in [0.15, 0.2) is 17.4 Å². The molecule has 0 amide bonds. The highest BCUT2D eigenvalue weighted by Crippen LogP contribution is 2.19. The molecule has 0 saturated carbocycles. The van der Waals surface area contributed by atoms with E-state index >= 15 is 0 Å². The molecule has 0 spiro atoms. The molecule has 0 aliphatic heterocycles. The van der Waals surface area contributed by atoms with Gasteiger partial charge in [-0.05, 0) is 12.1 Å². The zero-order valence-electron chi connectivity index (χ0n) is 6.48. The van der Waals surface area contributed by atoms with Gasteiger partial charge in [-0.3, -0.25) is 4.79 Å². The third-order valence-corrected chi connectivity index (χ3v) is 1.77. The molecule has 13 heavy (non-hydrogen) atoms. The van der Waals surface area contributed by atoms with Crippen LogP contribution in [0, 0.1) is 11.6 Å². The van der Waals surface area contributed by atoms with Crippen LogP contribution in [-0.2, 0) is 0 Å². The van der Waals surface area contributed by atoms with Gasteiger partial charge < -0.3 is 5.73 Å². The smallest absolute Gasteiger partial charge is 0.177 e. The maximum atomic E-state index is 12.7. The maximum Gasteiger partial charge on any atom is 0.177 e. The van der Waals surface area contributed by atoms with E-state index in [1.165, 1.54) is 0 Å². The second kappa shape index (κ2) is 3.81. The Bertz CT molecular complexity index is 331. The van der Waals surface area contributed by atoms with Crippen molar-refractivity contribution >= 4 is 17.4 Å². The van der Waals surface area contributed by atoms with Gasteiger partial charge in [-0.2, -0.15) is 0 Å². The number of hydrogen-bond acceptors (Lipinski definition) is 2. The van der Waals surface area contributed by atoms with Crippen LogP contribution in [0.25, 0.3) is 0 Å². The lowest BCUT2D eigenvalue weighted by Gasteiger charge is -2.00. The van der Waals surface area contributed by atoms with Crippen molar-refractivity contribution in [3.05, 3.63) is 34.4 Å². The summed E-state index contributed by atoms with van der Waals surface area (Å²) in [5, 5.41) is -0.420. The summed E-state index contributed by atoms with van der Waals surface area (Å²) in [5.41, 5.74) is 5.01. The lowest BCUT2D eigenvalue weighted by atomic mass is 10.1. The van der Waals surface area contributed by atoms with E-state index in [2.05, 4.69) is 0 Å². The number of benzene rings is 1. The standard InChI is InChI=1S/C8H6ClF2NO/c9-5-1-4(7(13)3-12)2-6(10)8(5)11/h1-2H,3,12H2. The summed E-state index contributed by atoms with van der Waals surface area (Å²) in [5.74, 6) is -2.79. The third kappa shape index (κ3) is 2.02. The first-order chi connectivity index (χ1) is 6.06. The van der Waals surface area contributed by atoms with Crippen molar-refractivity contribution in [2.75, 3.05) is 6.54 Å². The van der Waals surface area contributed by atoms with Gasteiger partial charge in [0.05, 0.1) is 11.6 Å². The minimum Gasteiger partial charge on any atom is -0.324 e. The zero-order chi connectivity index (χ0) is 10.0. The largest absolute Gasteiger partial charge is 0.324 e. The van der Waals surface area contributed by atoms with Crippen molar-refractivity contribution in [1.29, 1.82) is 0 Å². The van der Waals surface area contributed by atoms with E-state index in [1.807, 2.05) is 0 Å². The molecule has 2 nitrogen and oxygen atoms in total. The fourth-order valence-electron chi connectivity index (χ4n) is 0.834. The van der Waals surface area contributed by atoms with Crippen molar-refractivity contribution in [3.63, 3.8) is 0 Å². The van der Waals surface area contributed by atoms with Crippen LogP contribution >= 0.6 is 11.6 Å². The summed E-state index contributed by atoms with van der Waals surface area (Å²) in [7, 11) is 0. The van der Waals surface area contributed by atoms with Crippen LogP contribution in [0.5, 0.6) is 0 Å². The molecule has 0 heterocycles. The Morgan fingerprint density at radius 1 is 1.46 bits per heavy atom. The number of rotatable bonds is 2. The van der Waals surface area contributed by atoms with Gasteiger partial charge in [-0.1, -0.05) is 11.6 Å². The van der Waals surface area contributed by atoms with E-state index in [1.54, 1.807) is 0 Å². The fraction of sp³-hybridized carbons (Fsp3) is 0.125. The molecule has 2 N–H and O–H groups in total. The number of halogens is 3. The van der Waals surface area contributed by atoms with Gasteiger partial charge in [0.2, 0.25) is 0 Å². The van der Waals surface area contributed by atoms with Crippen molar-refractivity contribution in [2.24, 2.45) is 5.73 Å². The number of Topliss-reactive ketones (excluding diaryl/α,β-unsaturated/α-hetero) is 1. The molecule has 0 unspecified atom stereocenters. The molecule has 0 aliphatic carbocycles. The molecule has 70 valence electrons. The molecule has 5 heteroatoms. The number of nitrogens with two attached hydrogens (primary N) is 1. The number of ketones is 1. The molecule has 0 bridgehead atoms. The fourth-order valence-corrected chi connectivity index (χ4v) is 1.04. The van der Waals surface area contributed by atoms with Gasteiger partial charge in [0, 0.05) is 5.56 Å². The second-order valence-electron chi connectivity index (χ2n) is 2.38. The Labute approximate surface area is 78.3 Å². The number of hydrogen-bond donors (Lipinski definition) is 1. The molecule has 0 aromatic heterocycles. The van der Waals surface area contributed by atoms with Crippen molar-refractivity contribution in [3.8, 4) is 0 Å². The molecule has 1 aromatic rings. The predicted octanol–water partition coefficient (Wildman–Crippen LogP) is 1.76. The van der Waals surface area contributed by atoms with Crippen LogP contribution in [-0.4, -0.2) is 12.3 Å². The maximum absolute atomic E-state index is 12.7. The monoisotopic (exact) mass is 205 g/mol. The van der Waals surface area contributed by atoms with E-state index in [0.29, 0.717) is 0 Å². The minimum absolute atomic E-state index is 0.0219. The SMILES string of the molecule is NCC(=O)c1cc(F)c(F)c(Cl)c1. The highest BCUT2D eigenvalue weighted by molar-refractivity contribution is 6.31. The molecule has 0 saturated heterocycles. The van der Waals surface area contributed by atoms with E-state index in [-0.39, 0.29) is 12.1 Å². The second-order valence-corrected chi connectivity index (χ2v) is 2.79. The van der Waals surface area contributed by atoms with E-state index in [0.717, 1.165) is 12.1 Å². The molecule has 0 aliphatic rings. The minimum atomic E-state index is -1.16. The summed E-state index contributed by atoms with van der Waals surface area (Å²) in [6.07, 6.45) is 0. The first kappa shape index (κ1) is 10.1. The first-order valence-electron chi connectivity index (χ1n) is 3.44. The molecular weight excluding hydrogens is 200 g/mol. The molecule has 0 fully saturated rings. The number of carbonyl (C=O) groups excluding carboxylic acids is 1. The summed E-state index contributed by atoms with van der Waals surface area (Å²) in [6, 6.07) is 1.82. The summed E-state index contributed by atoms with van der Waals surface area (Å²) in [6.45, 7) is -0.262. The van der Waals surface area contributed by atoms with Crippen molar-refractivity contribution in [2.45, 2.75) is 0 Å². The van der Waals surface area contributed by atoms with Crippen LogP contribution in [0.1, 0.15) is 10.4 Å². The third-order valence-electron chi connectivity index (χ3n) is 1.49. The Balaban J connectivity index is 3.20. The average molecular weight is 206 g/mol. The molecule has 0 atom stereocenters. The molecule has 1 aromatic carbocycles. The quantitative estimate of drug-likeness (QED) is 0.591. The van der Waals surface area contributed by atoms with Crippen molar-refractivity contribution in [1.82, 2.24) is 0 Å². The van der Waals surface area contributed by atoms with Crippen LogP contribution < -0.4 is 5.73 Å². The average Bonchev–Trinajstić information content (AvgIpc) is 2.12. The van der Waals surface area contributed by atoms with Gasteiger partial charge in [-0.25, -0.2) is 8.78 Å². The van der Waals surface area contributed by atoms with E-state index in [4.69, 9.17) is 17.3 Å². The number of carbonyl (C=O) groups is 1. The first-order valence-corrected chi connectivity index (χ1v) is 3.82. The molecule has 0 radical (unpaired) electrons. The molecule has 1 rings (SSSR count). The van der Waals surface area contributed by atoms with Crippen LogP contribution in [0.2, 0.25) is 5.02 Å². The Morgan fingerprint density at radius 3 is 2.54 bits per heavy atom. The normalized spacial score (nSPS) is 10.2.